The summed E-state index contributed by atoms with van der Waals surface area (Å²) in [5, 5.41) is 4.78. The summed E-state index contributed by atoms with van der Waals surface area (Å²) in [6.07, 6.45) is 4.28. The van der Waals surface area contributed by atoms with Crippen LogP contribution in [0.2, 0.25) is 0 Å². The highest BCUT2D eigenvalue weighted by molar-refractivity contribution is 7.11. The molecule has 0 bridgehead atoms. The quantitative estimate of drug-likeness (QED) is 0.805. The van der Waals surface area contributed by atoms with Gasteiger partial charge >= 0.3 is 0 Å². The summed E-state index contributed by atoms with van der Waals surface area (Å²) in [6.45, 7) is 9.89. The van der Waals surface area contributed by atoms with E-state index in [0.717, 1.165) is 18.9 Å². The van der Waals surface area contributed by atoms with Crippen molar-refractivity contribution in [2.24, 2.45) is 5.92 Å². The second-order valence-corrected chi connectivity index (χ2v) is 5.69. The number of thiazole rings is 1. The Labute approximate surface area is 97.1 Å². The zero-order valence-corrected chi connectivity index (χ0v) is 11.0. The van der Waals surface area contributed by atoms with Crippen LogP contribution >= 0.6 is 11.3 Å². The van der Waals surface area contributed by atoms with Gasteiger partial charge in [-0.05, 0) is 25.7 Å². The van der Waals surface area contributed by atoms with Crippen molar-refractivity contribution in [1.82, 2.24) is 10.3 Å². The van der Waals surface area contributed by atoms with E-state index in [1.54, 1.807) is 0 Å². The minimum atomic E-state index is 0.595. The zero-order chi connectivity index (χ0) is 11.3. The number of nitrogens with zero attached hydrogens (tertiary/aromatic N) is 1. The maximum Gasteiger partial charge on any atom is 0.0925 e. The molecule has 0 amide bonds. The van der Waals surface area contributed by atoms with E-state index in [4.69, 9.17) is 0 Å². The van der Waals surface area contributed by atoms with Crippen LogP contribution in [0.5, 0.6) is 0 Å². The van der Waals surface area contributed by atoms with Crippen LogP contribution in [0.25, 0.3) is 0 Å². The minimum Gasteiger partial charge on any atom is -0.309 e. The molecule has 1 unspecified atom stereocenters. The lowest BCUT2D eigenvalue weighted by Crippen LogP contribution is -2.26. The summed E-state index contributed by atoms with van der Waals surface area (Å²) < 4.78 is 0. The molecule has 0 aliphatic heterocycles. The van der Waals surface area contributed by atoms with Crippen LogP contribution in [0.1, 0.15) is 44.0 Å². The summed E-state index contributed by atoms with van der Waals surface area (Å²) in [4.78, 5) is 5.70. The van der Waals surface area contributed by atoms with Crippen LogP contribution < -0.4 is 5.32 Å². The summed E-state index contributed by atoms with van der Waals surface area (Å²) in [5.74, 6) is 0.764. The lowest BCUT2D eigenvalue weighted by molar-refractivity contribution is 0.443. The predicted molar refractivity (Wildman–Crippen MR) is 67.2 cm³/mol. The van der Waals surface area contributed by atoms with Crippen molar-refractivity contribution in [3.8, 4) is 0 Å². The molecule has 0 aliphatic rings. The molecule has 86 valence electrons. The molecule has 3 heteroatoms. The van der Waals surface area contributed by atoms with E-state index in [2.05, 4.69) is 38.0 Å². The molecule has 1 rings (SSSR count). The fraction of sp³-hybridized carbons (Fsp3) is 0.750. The Balaban J connectivity index is 2.30. The summed E-state index contributed by atoms with van der Waals surface area (Å²) >= 11 is 1.82. The molecule has 0 saturated carbocycles. The van der Waals surface area contributed by atoms with Crippen LogP contribution in [-0.2, 0) is 13.0 Å². The van der Waals surface area contributed by atoms with Crippen LogP contribution in [0.4, 0.5) is 0 Å². The van der Waals surface area contributed by atoms with Gasteiger partial charge in [-0.15, -0.1) is 11.3 Å². The highest BCUT2D eigenvalue weighted by Gasteiger charge is 2.05. The number of nitrogens with one attached hydrogen (secondary N) is 1. The molecule has 0 fully saturated rings. The molecule has 1 aromatic heterocycles. The average Bonchev–Trinajstić information content (AvgIpc) is 2.61. The lowest BCUT2D eigenvalue weighted by Gasteiger charge is -2.14. The first kappa shape index (κ1) is 12.7. The molecule has 1 atom stereocenters. The number of rotatable bonds is 6. The first-order valence-corrected chi connectivity index (χ1v) is 6.60. The molecule has 2 nitrogen and oxygen atoms in total. The van der Waals surface area contributed by atoms with E-state index >= 15 is 0 Å². The zero-order valence-electron chi connectivity index (χ0n) is 10.2. The van der Waals surface area contributed by atoms with Gasteiger partial charge in [0.2, 0.25) is 0 Å². The van der Waals surface area contributed by atoms with Crippen molar-refractivity contribution in [2.75, 3.05) is 0 Å². The third-order valence-corrected chi connectivity index (χ3v) is 3.50. The normalized spacial score (nSPS) is 13.4. The third-order valence-electron chi connectivity index (χ3n) is 2.35. The van der Waals surface area contributed by atoms with E-state index < -0.39 is 0 Å². The standard InChI is InChI=1S/C12H22N2S/c1-5-12-14-8-11(15-12)7-13-10(4)6-9(2)3/h8-10,13H,5-7H2,1-4H3. The maximum absolute atomic E-state index is 4.35. The van der Waals surface area contributed by atoms with Gasteiger partial charge in [-0.25, -0.2) is 4.98 Å². The van der Waals surface area contributed by atoms with Crippen molar-refractivity contribution in [3.05, 3.63) is 16.1 Å². The smallest absolute Gasteiger partial charge is 0.0925 e. The number of hydrogen-bond acceptors (Lipinski definition) is 3. The van der Waals surface area contributed by atoms with Gasteiger partial charge in [0.15, 0.2) is 0 Å². The van der Waals surface area contributed by atoms with Gasteiger partial charge in [0.1, 0.15) is 0 Å². The second kappa shape index (κ2) is 6.23. The van der Waals surface area contributed by atoms with E-state index in [1.165, 1.54) is 16.3 Å². The molecule has 0 radical (unpaired) electrons. The fourth-order valence-electron chi connectivity index (χ4n) is 1.66. The Bertz CT molecular complexity index is 281. The molecular formula is C12H22N2S. The molecule has 0 aromatic carbocycles. The molecule has 15 heavy (non-hydrogen) atoms. The largest absolute Gasteiger partial charge is 0.309 e. The Kier molecular flexibility index (Phi) is 5.26. The monoisotopic (exact) mass is 226 g/mol. The third kappa shape index (κ3) is 4.76. The minimum absolute atomic E-state index is 0.595. The highest BCUT2D eigenvalue weighted by atomic mass is 32.1. The van der Waals surface area contributed by atoms with E-state index in [0.29, 0.717) is 6.04 Å². The molecule has 1 heterocycles. The highest BCUT2D eigenvalue weighted by Crippen LogP contribution is 2.13. The lowest BCUT2D eigenvalue weighted by atomic mass is 10.1. The number of aromatic nitrogens is 1. The Morgan fingerprint density at radius 2 is 2.13 bits per heavy atom. The maximum atomic E-state index is 4.35. The van der Waals surface area contributed by atoms with Gasteiger partial charge < -0.3 is 5.32 Å². The topological polar surface area (TPSA) is 24.9 Å². The van der Waals surface area contributed by atoms with Gasteiger partial charge in [-0.3, -0.25) is 0 Å². The number of hydrogen-bond donors (Lipinski definition) is 1. The Morgan fingerprint density at radius 3 is 2.67 bits per heavy atom. The van der Waals surface area contributed by atoms with Crippen LogP contribution in [0.3, 0.4) is 0 Å². The van der Waals surface area contributed by atoms with E-state index in [1.807, 2.05) is 17.5 Å². The van der Waals surface area contributed by atoms with Crippen LogP contribution in [0, 0.1) is 5.92 Å². The van der Waals surface area contributed by atoms with E-state index in [9.17, 15) is 0 Å². The van der Waals surface area contributed by atoms with Gasteiger partial charge in [-0.2, -0.15) is 0 Å². The summed E-state index contributed by atoms with van der Waals surface area (Å²) in [7, 11) is 0. The first-order valence-electron chi connectivity index (χ1n) is 5.78. The van der Waals surface area contributed by atoms with Gasteiger partial charge in [0, 0.05) is 23.7 Å². The molecule has 0 saturated heterocycles. The molecule has 0 spiro atoms. The van der Waals surface area contributed by atoms with Gasteiger partial charge in [-0.1, -0.05) is 20.8 Å². The number of aryl methyl sites for hydroxylation is 1. The Morgan fingerprint density at radius 1 is 1.40 bits per heavy atom. The average molecular weight is 226 g/mol. The van der Waals surface area contributed by atoms with Gasteiger partial charge in [0.25, 0.3) is 0 Å². The molecule has 1 N–H and O–H groups in total. The second-order valence-electron chi connectivity index (χ2n) is 4.49. The first-order chi connectivity index (χ1) is 7.11. The van der Waals surface area contributed by atoms with Gasteiger partial charge in [0.05, 0.1) is 5.01 Å². The Hall–Kier alpha value is -0.410. The predicted octanol–water partition coefficient (Wildman–Crippen LogP) is 3.23. The molecule has 0 aliphatic carbocycles. The summed E-state index contributed by atoms with van der Waals surface area (Å²) in [5.41, 5.74) is 0. The van der Waals surface area contributed by atoms with Crippen LogP contribution in [0.15, 0.2) is 6.20 Å². The van der Waals surface area contributed by atoms with Crippen LogP contribution in [-0.4, -0.2) is 11.0 Å². The molecule has 1 aromatic rings. The molecular weight excluding hydrogens is 204 g/mol. The van der Waals surface area contributed by atoms with Crippen molar-refractivity contribution < 1.29 is 0 Å². The van der Waals surface area contributed by atoms with Crippen molar-refractivity contribution in [2.45, 2.75) is 53.1 Å². The van der Waals surface area contributed by atoms with Crippen molar-refractivity contribution in [3.63, 3.8) is 0 Å². The van der Waals surface area contributed by atoms with E-state index in [-0.39, 0.29) is 0 Å². The SMILES string of the molecule is CCc1ncc(CNC(C)CC(C)C)s1. The van der Waals surface area contributed by atoms with Crippen molar-refractivity contribution >= 4 is 11.3 Å². The summed E-state index contributed by atoms with van der Waals surface area (Å²) in [6, 6.07) is 0.595. The van der Waals surface area contributed by atoms with Crippen molar-refractivity contribution in [1.29, 1.82) is 0 Å². The fourth-order valence-corrected chi connectivity index (χ4v) is 2.47.